The van der Waals surface area contributed by atoms with E-state index in [0.29, 0.717) is 29.5 Å². The average Bonchev–Trinajstić information content (AvgIpc) is 2.98. The van der Waals surface area contributed by atoms with Crippen LogP contribution in [0.25, 0.3) is 5.65 Å². The van der Waals surface area contributed by atoms with Crippen LogP contribution in [0.1, 0.15) is 11.4 Å². The number of fused-ring (bicyclic) bond motifs is 1. The van der Waals surface area contributed by atoms with Crippen molar-refractivity contribution in [2.75, 3.05) is 19.0 Å². The zero-order valence-electron chi connectivity index (χ0n) is 13.5. The predicted molar refractivity (Wildman–Crippen MR) is 89.0 cm³/mol. The summed E-state index contributed by atoms with van der Waals surface area (Å²) in [5.74, 6) is 0.980. The Bertz CT molecular complexity index is 860. The number of anilines is 1. The van der Waals surface area contributed by atoms with Crippen LogP contribution in [0.15, 0.2) is 42.6 Å². The van der Waals surface area contributed by atoms with Crippen LogP contribution in [0.2, 0.25) is 0 Å². The van der Waals surface area contributed by atoms with Gasteiger partial charge in [-0.25, -0.2) is 9.50 Å². The molecule has 2 aromatic heterocycles. The van der Waals surface area contributed by atoms with Gasteiger partial charge in [0.05, 0.1) is 5.69 Å². The number of carbonyl (C=O) groups is 1. The maximum absolute atomic E-state index is 12.2. The van der Waals surface area contributed by atoms with Crippen molar-refractivity contribution in [2.45, 2.75) is 13.5 Å². The van der Waals surface area contributed by atoms with Crippen molar-refractivity contribution in [3.8, 4) is 5.75 Å². The van der Waals surface area contributed by atoms with Crippen LogP contribution in [0.3, 0.4) is 0 Å². The third-order valence-corrected chi connectivity index (χ3v) is 3.41. The summed E-state index contributed by atoms with van der Waals surface area (Å²) in [6.07, 6.45) is 1.76. The van der Waals surface area contributed by atoms with Crippen molar-refractivity contribution in [3.63, 3.8) is 0 Å². The fourth-order valence-electron chi connectivity index (χ4n) is 2.29. The van der Waals surface area contributed by atoms with E-state index in [9.17, 15) is 4.79 Å². The topological polar surface area (TPSA) is 77.8 Å². The van der Waals surface area contributed by atoms with Gasteiger partial charge in [0.1, 0.15) is 12.4 Å². The van der Waals surface area contributed by atoms with E-state index >= 15 is 0 Å². The molecular formula is C17H18N4O3. The Morgan fingerprint density at radius 2 is 2.08 bits per heavy atom. The molecule has 0 aliphatic heterocycles. The summed E-state index contributed by atoms with van der Waals surface area (Å²) in [4.78, 5) is 16.5. The van der Waals surface area contributed by atoms with Gasteiger partial charge in [-0.1, -0.05) is 18.2 Å². The van der Waals surface area contributed by atoms with Gasteiger partial charge in [0, 0.05) is 13.3 Å². The monoisotopic (exact) mass is 326 g/mol. The van der Waals surface area contributed by atoms with Crippen molar-refractivity contribution >= 4 is 17.2 Å². The van der Waals surface area contributed by atoms with Crippen LogP contribution in [0.4, 0.5) is 5.69 Å². The first-order valence-electron chi connectivity index (χ1n) is 7.49. The molecule has 7 heteroatoms. The molecular weight excluding hydrogens is 308 g/mol. The predicted octanol–water partition coefficient (Wildman–Crippen LogP) is 2.20. The van der Waals surface area contributed by atoms with Crippen molar-refractivity contribution in [2.24, 2.45) is 0 Å². The first kappa shape index (κ1) is 15.9. The van der Waals surface area contributed by atoms with Gasteiger partial charge in [-0.15, -0.1) is 5.10 Å². The number of ether oxygens (including phenoxy) is 2. The van der Waals surface area contributed by atoms with Crippen LogP contribution in [0, 0.1) is 6.92 Å². The molecule has 24 heavy (non-hydrogen) atoms. The Balaban J connectivity index is 1.70. The van der Waals surface area contributed by atoms with Crippen molar-refractivity contribution in [3.05, 3.63) is 54.0 Å². The van der Waals surface area contributed by atoms with E-state index in [1.165, 1.54) is 0 Å². The Hall–Kier alpha value is -2.93. The highest BCUT2D eigenvalue weighted by Crippen LogP contribution is 2.17. The molecule has 7 nitrogen and oxygen atoms in total. The number of methoxy groups -OCH3 is 1. The summed E-state index contributed by atoms with van der Waals surface area (Å²) >= 11 is 0. The summed E-state index contributed by atoms with van der Waals surface area (Å²) in [6.45, 7) is 2.16. The minimum atomic E-state index is -0.261. The molecule has 3 aromatic rings. The minimum Gasteiger partial charge on any atom is -0.483 e. The SMILES string of the molecule is COCc1nc2c(NC(=O)COc3ccccc3C)cccn2n1. The fourth-order valence-corrected chi connectivity index (χ4v) is 2.29. The third-order valence-electron chi connectivity index (χ3n) is 3.41. The van der Waals surface area contributed by atoms with Gasteiger partial charge in [0.15, 0.2) is 18.1 Å². The Kier molecular flexibility index (Phi) is 4.72. The van der Waals surface area contributed by atoms with E-state index in [1.807, 2.05) is 31.2 Å². The standard InChI is InChI=1S/C17H18N4O3/c1-12-6-3-4-8-14(12)24-11-16(22)18-13-7-5-9-21-17(13)19-15(20-21)10-23-2/h3-9H,10-11H2,1-2H3,(H,18,22). The van der Waals surface area contributed by atoms with Crippen LogP contribution in [-0.2, 0) is 16.1 Å². The Labute approximate surface area is 139 Å². The van der Waals surface area contributed by atoms with Crippen LogP contribution >= 0.6 is 0 Å². The second kappa shape index (κ2) is 7.10. The van der Waals surface area contributed by atoms with E-state index in [4.69, 9.17) is 9.47 Å². The number of amides is 1. The number of hydrogen-bond acceptors (Lipinski definition) is 5. The number of para-hydroxylation sites is 1. The van der Waals surface area contributed by atoms with E-state index in [1.54, 1.807) is 30.0 Å². The summed E-state index contributed by atoms with van der Waals surface area (Å²) < 4.78 is 12.2. The number of carbonyl (C=O) groups excluding carboxylic acids is 1. The number of hydrogen-bond donors (Lipinski definition) is 1. The molecule has 3 rings (SSSR count). The highest BCUT2D eigenvalue weighted by Gasteiger charge is 2.11. The number of nitrogens with one attached hydrogen (secondary N) is 1. The summed E-state index contributed by atoms with van der Waals surface area (Å²) in [6, 6.07) is 11.1. The number of pyridine rings is 1. The quantitative estimate of drug-likeness (QED) is 0.751. The lowest BCUT2D eigenvalue weighted by atomic mass is 10.2. The van der Waals surface area contributed by atoms with E-state index < -0.39 is 0 Å². The van der Waals surface area contributed by atoms with Crippen molar-refractivity contribution in [1.29, 1.82) is 0 Å². The molecule has 0 aliphatic carbocycles. The normalized spacial score (nSPS) is 10.8. The molecule has 0 radical (unpaired) electrons. The summed E-state index contributed by atoms with van der Waals surface area (Å²) in [5, 5.41) is 7.08. The minimum absolute atomic E-state index is 0.0784. The Morgan fingerprint density at radius 3 is 2.88 bits per heavy atom. The molecule has 0 bridgehead atoms. The summed E-state index contributed by atoms with van der Waals surface area (Å²) in [5.41, 5.74) is 2.12. The largest absolute Gasteiger partial charge is 0.483 e. The number of aryl methyl sites for hydroxylation is 1. The van der Waals surface area contributed by atoms with Gasteiger partial charge >= 0.3 is 0 Å². The molecule has 124 valence electrons. The number of benzene rings is 1. The highest BCUT2D eigenvalue weighted by atomic mass is 16.5. The molecule has 0 atom stereocenters. The molecule has 0 saturated heterocycles. The zero-order chi connectivity index (χ0) is 16.9. The van der Waals surface area contributed by atoms with E-state index in [-0.39, 0.29) is 12.5 Å². The lowest BCUT2D eigenvalue weighted by molar-refractivity contribution is -0.118. The highest BCUT2D eigenvalue weighted by molar-refractivity contribution is 5.95. The Morgan fingerprint density at radius 1 is 1.25 bits per heavy atom. The van der Waals surface area contributed by atoms with Gasteiger partial charge in [-0.05, 0) is 30.7 Å². The van der Waals surface area contributed by atoms with Crippen LogP contribution in [-0.4, -0.2) is 34.2 Å². The maximum Gasteiger partial charge on any atom is 0.262 e. The maximum atomic E-state index is 12.2. The molecule has 0 spiro atoms. The van der Waals surface area contributed by atoms with Gasteiger partial charge in [0.25, 0.3) is 5.91 Å². The second-order valence-corrected chi connectivity index (χ2v) is 5.25. The van der Waals surface area contributed by atoms with Crippen molar-refractivity contribution in [1.82, 2.24) is 14.6 Å². The van der Waals surface area contributed by atoms with Crippen molar-refractivity contribution < 1.29 is 14.3 Å². The van der Waals surface area contributed by atoms with Gasteiger partial charge in [0.2, 0.25) is 0 Å². The second-order valence-electron chi connectivity index (χ2n) is 5.25. The fraction of sp³-hybridized carbons (Fsp3) is 0.235. The van der Waals surface area contributed by atoms with Crippen LogP contribution in [0.5, 0.6) is 5.75 Å². The van der Waals surface area contributed by atoms with Gasteiger partial charge in [-0.2, -0.15) is 0 Å². The third kappa shape index (κ3) is 3.52. The van der Waals surface area contributed by atoms with Crippen LogP contribution < -0.4 is 10.1 Å². The number of rotatable bonds is 6. The van der Waals surface area contributed by atoms with Gasteiger partial charge < -0.3 is 14.8 Å². The first-order chi connectivity index (χ1) is 11.7. The van der Waals surface area contributed by atoms with E-state index in [0.717, 1.165) is 5.56 Å². The molecule has 1 aromatic carbocycles. The molecule has 1 N–H and O–H groups in total. The molecule has 0 unspecified atom stereocenters. The molecule has 0 saturated carbocycles. The molecule has 2 heterocycles. The number of aromatic nitrogens is 3. The molecule has 0 fully saturated rings. The lowest BCUT2D eigenvalue weighted by Gasteiger charge is -2.09. The zero-order valence-corrected chi connectivity index (χ0v) is 13.5. The smallest absolute Gasteiger partial charge is 0.262 e. The first-order valence-corrected chi connectivity index (χ1v) is 7.49. The van der Waals surface area contributed by atoms with Gasteiger partial charge in [-0.3, -0.25) is 4.79 Å². The molecule has 0 aliphatic rings. The molecule has 1 amide bonds. The van der Waals surface area contributed by atoms with E-state index in [2.05, 4.69) is 15.4 Å². The summed E-state index contributed by atoms with van der Waals surface area (Å²) in [7, 11) is 1.58. The number of nitrogens with zero attached hydrogens (tertiary/aromatic N) is 3. The average molecular weight is 326 g/mol. The lowest BCUT2D eigenvalue weighted by Crippen LogP contribution is -2.20.